The van der Waals surface area contributed by atoms with Crippen molar-refractivity contribution in [2.75, 3.05) is 0 Å². The number of hydrogen-bond donors (Lipinski definition) is 2. The Hall–Kier alpha value is -1.00. The molecule has 0 aliphatic rings. The second-order valence-corrected chi connectivity index (χ2v) is 1.78. The van der Waals surface area contributed by atoms with E-state index in [0.717, 1.165) is 0 Å². The van der Waals surface area contributed by atoms with E-state index in [0.29, 0.717) is 5.76 Å². The Balaban J connectivity index is 0.000001000. The number of carbonyl (C=O) groups is 1. The van der Waals surface area contributed by atoms with E-state index in [1.165, 1.54) is 6.07 Å². The maximum Gasteiger partial charge on any atom is 0.371 e. The highest BCUT2D eigenvalue weighted by Crippen LogP contribution is 2.05. The first-order valence-corrected chi connectivity index (χ1v) is 2.76. The third kappa shape index (κ3) is 2.25. The molecule has 0 unspecified atom stereocenters. The normalized spacial score (nSPS) is 8.82. The zero-order chi connectivity index (χ0) is 7.56. The summed E-state index contributed by atoms with van der Waals surface area (Å²) in [5.41, 5.74) is 5.18. The molecule has 0 atom stereocenters. The van der Waals surface area contributed by atoms with Crippen LogP contribution in [0.2, 0.25) is 0 Å². The van der Waals surface area contributed by atoms with Crippen molar-refractivity contribution in [3.8, 4) is 0 Å². The molecule has 0 saturated carbocycles. The molecule has 0 aliphatic carbocycles. The average Bonchev–Trinajstić information content (AvgIpc) is 2.34. The summed E-state index contributed by atoms with van der Waals surface area (Å²) in [6.45, 7) is 0.229. The highest BCUT2D eigenvalue weighted by molar-refractivity contribution is 5.85. The molecule has 62 valence electrons. The van der Waals surface area contributed by atoms with Crippen molar-refractivity contribution >= 4 is 18.4 Å². The van der Waals surface area contributed by atoms with Crippen LogP contribution in [0.3, 0.4) is 0 Å². The van der Waals surface area contributed by atoms with Crippen molar-refractivity contribution in [2.24, 2.45) is 5.73 Å². The lowest BCUT2D eigenvalue weighted by Gasteiger charge is -1.85. The molecule has 0 bridgehead atoms. The van der Waals surface area contributed by atoms with Gasteiger partial charge in [-0.25, -0.2) is 4.79 Å². The molecule has 1 heterocycles. The van der Waals surface area contributed by atoms with Crippen molar-refractivity contribution in [2.45, 2.75) is 6.54 Å². The van der Waals surface area contributed by atoms with Crippen LogP contribution in [0.1, 0.15) is 16.3 Å². The SMILES string of the molecule is Cl.NCc1ccc(C(=O)O)o1. The fourth-order valence-corrected chi connectivity index (χ4v) is 0.603. The van der Waals surface area contributed by atoms with Gasteiger partial charge in [0.25, 0.3) is 0 Å². The van der Waals surface area contributed by atoms with Crippen LogP contribution in [0, 0.1) is 0 Å². The van der Waals surface area contributed by atoms with Crippen molar-refractivity contribution in [3.63, 3.8) is 0 Å². The number of carboxylic acid groups (broad SMARTS) is 1. The minimum atomic E-state index is -1.07. The number of halogens is 1. The van der Waals surface area contributed by atoms with Gasteiger partial charge in [0.1, 0.15) is 5.76 Å². The topological polar surface area (TPSA) is 76.5 Å². The molecule has 0 radical (unpaired) electrons. The van der Waals surface area contributed by atoms with Crippen LogP contribution in [0.4, 0.5) is 0 Å². The van der Waals surface area contributed by atoms with Crippen LogP contribution in [0.25, 0.3) is 0 Å². The summed E-state index contributed by atoms with van der Waals surface area (Å²) in [5, 5.41) is 8.36. The average molecular weight is 178 g/mol. The summed E-state index contributed by atoms with van der Waals surface area (Å²) in [7, 11) is 0. The van der Waals surface area contributed by atoms with Crippen LogP contribution >= 0.6 is 12.4 Å². The van der Waals surface area contributed by atoms with Crippen LogP contribution in [-0.2, 0) is 6.54 Å². The Morgan fingerprint density at radius 3 is 2.55 bits per heavy atom. The fourth-order valence-electron chi connectivity index (χ4n) is 0.603. The van der Waals surface area contributed by atoms with Gasteiger partial charge >= 0.3 is 5.97 Å². The predicted octanol–water partition coefficient (Wildman–Crippen LogP) is 0.858. The van der Waals surface area contributed by atoms with Gasteiger partial charge in [0.2, 0.25) is 5.76 Å². The van der Waals surface area contributed by atoms with Crippen molar-refractivity contribution in [1.29, 1.82) is 0 Å². The molecule has 1 aromatic heterocycles. The maximum atomic E-state index is 10.2. The van der Waals surface area contributed by atoms with Crippen molar-refractivity contribution in [3.05, 3.63) is 23.7 Å². The predicted molar refractivity (Wildman–Crippen MR) is 40.8 cm³/mol. The van der Waals surface area contributed by atoms with Crippen LogP contribution in [0.15, 0.2) is 16.5 Å². The zero-order valence-corrected chi connectivity index (χ0v) is 6.43. The highest BCUT2D eigenvalue weighted by Gasteiger charge is 2.06. The van der Waals surface area contributed by atoms with E-state index in [1.807, 2.05) is 0 Å². The van der Waals surface area contributed by atoms with E-state index in [4.69, 9.17) is 15.3 Å². The molecule has 0 saturated heterocycles. The molecule has 0 aliphatic heterocycles. The number of nitrogens with two attached hydrogens (primary N) is 1. The highest BCUT2D eigenvalue weighted by atomic mass is 35.5. The van der Waals surface area contributed by atoms with Gasteiger partial charge in [-0.1, -0.05) is 0 Å². The van der Waals surface area contributed by atoms with E-state index in [9.17, 15) is 4.79 Å². The van der Waals surface area contributed by atoms with E-state index in [1.54, 1.807) is 6.07 Å². The first kappa shape index (κ1) is 10.0. The molecule has 0 spiro atoms. The monoisotopic (exact) mass is 177 g/mol. The van der Waals surface area contributed by atoms with Gasteiger partial charge in [0, 0.05) is 0 Å². The molecule has 4 nitrogen and oxygen atoms in total. The van der Waals surface area contributed by atoms with Crippen molar-refractivity contribution in [1.82, 2.24) is 0 Å². The van der Waals surface area contributed by atoms with Crippen LogP contribution in [0.5, 0.6) is 0 Å². The summed E-state index contributed by atoms with van der Waals surface area (Å²) in [6.07, 6.45) is 0. The molecule has 11 heavy (non-hydrogen) atoms. The largest absolute Gasteiger partial charge is 0.475 e. The minimum absolute atomic E-state index is 0. The Morgan fingerprint density at radius 2 is 2.27 bits per heavy atom. The smallest absolute Gasteiger partial charge is 0.371 e. The fraction of sp³-hybridized carbons (Fsp3) is 0.167. The first-order valence-electron chi connectivity index (χ1n) is 2.76. The molecule has 0 amide bonds. The quantitative estimate of drug-likeness (QED) is 0.703. The summed E-state index contributed by atoms with van der Waals surface area (Å²) in [5.74, 6) is -0.655. The molecular weight excluding hydrogens is 170 g/mol. The summed E-state index contributed by atoms with van der Waals surface area (Å²) in [6, 6.07) is 2.92. The van der Waals surface area contributed by atoms with Gasteiger partial charge < -0.3 is 15.3 Å². The molecule has 1 aromatic rings. The number of aromatic carboxylic acids is 1. The summed E-state index contributed by atoms with van der Waals surface area (Å²) < 4.78 is 4.77. The van der Waals surface area contributed by atoms with Crippen LogP contribution in [-0.4, -0.2) is 11.1 Å². The lowest BCUT2D eigenvalue weighted by atomic mass is 10.4. The Kier molecular flexibility index (Phi) is 3.64. The van der Waals surface area contributed by atoms with E-state index >= 15 is 0 Å². The number of carboxylic acids is 1. The second kappa shape index (κ2) is 4.00. The maximum absolute atomic E-state index is 10.2. The van der Waals surface area contributed by atoms with Gasteiger partial charge in [0.05, 0.1) is 6.54 Å². The summed E-state index contributed by atoms with van der Waals surface area (Å²) in [4.78, 5) is 10.2. The Labute approximate surface area is 69.4 Å². The standard InChI is InChI=1S/C6H7NO3.ClH/c7-3-4-1-2-5(10-4)6(8)9;/h1-2H,3,7H2,(H,8,9);1H. The lowest BCUT2D eigenvalue weighted by Crippen LogP contribution is -1.95. The number of hydrogen-bond acceptors (Lipinski definition) is 3. The van der Waals surface area contributed by atoms with Crippen molar-refractivity contribution < 1.29 is 14.3 Å². The molecular formula is C6H8ClNO3. The minimum Gasteiger partial charge on any atom is -0.475 e. The Morgan fingerprint density at radius 1 is 1.64 bits per heavy atom. The van der Waals surface area contributed by atoms with E-state index in [2.05, 4.69) is 0 Å². The third-order valence-corrected chi connectivity index (χ3v) is 1.07. The molecule has 5 heteroatoms. The van der Waals surface area contributed by atoms with Gasteiger partial charge in [-0.05, 0) is 12.1 Å². The van der Waals surface area contributed by atoms with Gasteiger partial charge in [0.15, 0.2) is 0 Å². The number of rotatable bonds is 2. The molecule has 3 N–H and O–H groups in total. The van der Waals surface area contributed by atoms with Gasteiger partial charge in [-0.15, -0.1) is 12.4 Å². The number of furan rings is 1. The molecule has 1 rings (SSSR count). The Bertz CT molecular complexity index is 246. The summed E-state index contributed by atoms with van der Waals surface area (Å²) >= 11 is 0. The van der Waals surface area contributed by atoms with Gasteiger partial charge in [-0.2, -0.15) is 0 Å². The second-order valence-electron chi connectivity index (χ2n) is 1.78. The third-order valence-electron chi connectivity index (χ3n) is 1.07. The van der Waals surface area contributed by atoms with E-state index < -0.39 is 5.97 Å². The van der Waals surface area contributed by atoms with Gasteiger partial charge in [-0.3, -0.25) is 0 Å². The lowest BCUT2D eigenvalue weighted by molar-refractivity contribution is 0.0660. The molecule has 0 aromatic carbocycles. The first-order chi connectivity index (χ1) is 4.74. The molecule has 0 fully saturated rings. The van der Waals surface area contributed by atoms with E-state index in [-0.39, 0.29) is 24.7 Å². The zero-order valence-electron chi connectivity index (χ0n) is 5.61. The van der Waals surface area contributed by atoms with Crippen LogP contribution < -0.4 is 5.73 Å².